The number of nitrogens with zero attached hydrogens (tertiary/aromatic N) is 3. The minimum atomic E-state index is -0.295. The highest BCUT2D eigenvalue weighted by atomic mass is 16.5. The van der Waals surface area contributed by atoms with Crippen LogP contribution < -0.4 is 10.9 Å². The molecule has 3 heterocycles. The predicted molar refractivity (Wildman–Crippen MR) is 114 cm³/mol. The number of anilines is 1. The first-order valence-electron chi connectivity index (χ1n) is 10.1. The third-order valence-corrected chi connectivity index (χ3v) is 5.71. The summed E-state index contributed by atoms with van der Waals surface area (Å²) in [5, 5.41) is 3.43. The van der Waals surface area contributed by atoms with Gasteiger partial charge in [-0.3, -0.25) is 14.2 Å². The van der Waals surface area contributed by atoms with Gasteiger partial charge in [0.05, 0.1) is 42.3 Å². The predicted octanol–water partition coefficient (Wildman–Crippen LogP) is 2.38. The molecule has 0 bridgehead atoms. The Balaban J connectivity index is 1.55. The first-order valence-corrected chi connectivity index (χ1v) is 10.1. The van der Waals surface area contributed by atoms with Gasteiger partial charge < -0.3 is 19.4 Å². The average Bonchev–Trinajstić information content (AvgIpc) is 3.30. The van der Waals surface area contributed by atoms with E-state index in [0.29, 0.717) is 49.4 Å². The average molecular weight is 410 g/mol. The van der Waals surface area contributed by atoms with Crippen molar-refractivity contribution in [2.24, 2.45) is 0 Å². The van der Waals surface area contributed by atoms with E-state index in [1.807, 2.05) is 24.5 Å². The quantitative estimate of drug-likeness (QED) is 0.646. The summed E-state index contributed by atoms with van der Waals surface area (Å²) in [4.78, 5) is 30.0. The summed E-state index contributed by atoms with van der Waals surface area (Å²) in [7, 11) is 1.59. The molecule has 1 amide bonds. The number of methoxy groups -OCH3 is 1. The second kappa shape index (κ2) is 8.81. The van der Waals surface area contributed by atoms with Gasteiger partial charge in [-0.1, -0.05) is 0 Å². The minimum absolute atomic E-state index is 0.0893. The van der Waals surface area contributed by atoms with E-state index < -0.39 is 0 Å². The summed E-state index contributed by atoms with van der Waals surface area (Å²) in [6, 6.07) is 9.17. The Bertz CT molecular complexity index is 1070. The maximum absolute atomic E-state index is 12.9. The molecule has 1 fully saturated rings. The minimum Gasteiger partial charge on any atom is -0.383 e. The Kier molecular flexibility index (Phi) is 5.96. The fourth-order valence-corrected chi connectivity index (χ4v) is 4.02. The largest absolute Gasteiger partial charge is 0.383 e. The van der Waals surface area contributed by atoms with Crippen molar-refractivity contribution in [2.45, 2.75) is 31.3 Å². The van der Waals surface area contributed by atoms with E-state index >= 15 is 0 Å². The summed E-state index contributed by atoms with van der Waals surface area (Å²) in [5.74, 6) is -0.0893. The molecule has 0 radical (unpaired) electrons. The molecule has 1 saturated heterocycles. The molecule has 4 rings (SSSR count). The topological polar surface area (TPSA) is 87.4 Å². The van der Waals surface area contributed by atoms with Gasteiger partial charge in [-0.25, -0.2) is 4.98 Å². The SMILES string of the molecule is COCCn1cnc2ccc(NC(=O)CC3(n4cccc4)CCOCC3)cc2c1=O. The lowest BCUT2D eigenvalue weighted by Crippen LogP contribution is -2.42. The van der Waals surface area contributed by atoms with Crippen LogP contribution in [0.3, 0.4) is 0 Å². The monoisotopic (exact) mass is 410 g/mol. The van der Waals surface area contributed by atoms with Crippen LogP contribution in [0.1, 0.15) is 19.3 Å². The van der Waals surface area contributed by atoms with Crippen molar-refractivity contribution in [3.63, 3.8) is 0 Å². The highest BCUT2D eigenvalue weighted by Gasteiger charge is 2.36. The normalized spacial score (nSPS) is 15.9. The number of rotatable bonds is 7. The van der Waals surface area contributed by atoms with Gasteiger partial charge in [0.15, 0.2) is 0 Å². The molecule has 1 N–H and O–H groups in total. The maximum atomic E-state index is 12.9. The molecular weight excluding hydrogens is 384 g/mol. The van der Waals surface area contributed by atoms with Crippen molar-refractivity contribution >= 4 is 22.5 Å². The summed E-state index contributed by atoms with van der Waals surface area (Å²) in [6.45, 7) is 2.12. The highest BCUT2D eigenvalue weighted by Crippen LogP contribution is 2.33. The van der Waals surface area contributed by atoms with E-state index in [4.69, 9.17) is 9.47 Å². The Morgan fingerprint density at radius 3 is 2.77 bits per heavy atom. The zero-order valence-corrected chi connectivity index (χ0v) is 17.0. The summed E-state index contributed by atoms with van der Waals surface area (Å²) in [6.07, 6.45) is 7.43. The molecule has 2 aromatic heterocycles. The third-order valence-electron chi connectivity index (χ3n) is 5.71. The second-order valence-corrected chi connectivity index (χ2v) is 7.62. The van der Waals surface area contributed by atoms with Gasteiger partial charge in [0.1, 0.15) is 0 Å². The van der Waals surface area contributed by atoms with Crippen molar-refractivity contribution in [2.75, 3.05) is 32.2 Å². The Morgan fingerprint density at radius 2 is 2.03 bits per heavy atom. The maximum Gasteiger partial charge on any atom is 0.261 e. The molecule has 1 aliphatic heterocycles. The number of amides is 1. The van der Waals surface area contributed by atoms with Crippen LogP contribution in [0.5, 0.6) is 0 Å². The summed E-state index contributed by atoms with van der Waals surface area (Å²) < 4.78 is 14.2. The van der Waals surface area contributed by atoms with Crippen molar-refractivity contribution in [1.82, 2.24) is 14.1 Å². The van der Waals surface area contributed by atoms with Crippen LogP contribution in [0.15, 0.2) is 53.8 Å². The lowest BCUT2D eigenvalue weighted by Gasteiger charge is -2.38. The van der Waals surface area contributed by atoms with Gasteiger partial charge in [-0.15, -0.1) is 0 Å². The molecule has 0 spiro atoms. The zero-order chi connectivity index (χ0) is 21.0. The van der Waals surface area contributed by atoms with Crippen molar-refractivity contribution in [3.05, 3.63) is 59.4 Å². The number of nitrogens with one attached hydrogen (secondary N) is 1. The van der Waals surface area contributed by atoms with E-state index in [9.17, 15) is 9.59 Å². The Hall–Kier alpha value is -2.97. The lowest BCUT2D eigenvalue weighted by atomic mass is 9.86. The van der Waals surface area contributed by atoms with Gasteiger partial charge in [0, 0.05) is 38.4 Å². The third kappa shape index (κ3) is 4.15. The number of carbonyl (C=O) groups excluding carboxylic acids is 1. The van der Waals surface area contributed by atoms with Crippen molar-refractivity contribution in [3.8, 4) is 0 Å². The van der Waals surface area contributed by atoms with Crippen LogP contribution >= 0.6 is 0 Å². The zero-order valence-electron chi connectivity index (χ0n) is 17.0. The smallest absolute Gasteiger partial charge is 0.261 e. The van der Waals surface area contributed by atoms with E-state index in [-0.39, 0.29) is 17.0 Å². The van der Waals surface area contributed by atoms with E-state index in [1.54, 1.807) is 25.3 Å². The molecule has 158 valence electrons. The molecule has 0 unspecified atom stereocenters. The van der Waals surface area contributed by atoms with Crippen molar-refractivity contribution in [1.29, 1.82) is 0 Å². The number of carbonyl (C=O) groups is 1. The molecule has 8 nitrogen and oxygen atoms in total. The van der Waals surface area contributed by atoms with Gasteiger partial charge in [-0.05, 0) is 43.2 Å². The van der Waals surface area contributed by atoms with Gasteiger partial charge in [0.25, 0.3) is 5.56 Å². The van der Waals surface area contributed by atoms with Gasteiger partial charge in [0.2, 0.25) is 5.91 Å². The fraction of sp³-hybridized carbons (Fsp3) is 0.409. The number of hydrogen-bond donors (Lipinski definition) is 1. The highest BCUT2D eigenvalue weighted by molar-refractivity contribution is 5.93. The summed E-state index contributed by atoms with van der Waals surface area (Å²) >= 11 is 0. The van der Waals surface area contributed by atoms with Crippen LogP contribution in [0, 0.1) is 0 Å². The molecule has 0 atom stereocenters. The number of fused-ring (bicyclic) bond motifs is 1. The van der Waals surface area contributed by atoms with Crippen LogP contribution in [0.25, 0.3) is 10.9 Å². The molecular formula is C22H26N4O4. The standard InChI is InChI=1S/C22H26N4O4/c1-29-13-10-25-16-23-19-5-4-17(14-18(19)21(25)28)24-20(27)15-22(6-11-30-12-7-22)26-8-2-3-9-26/h2-5,8-9,14,16H,6-7,10-13,15H2,1H3,(H,24,27). The van der Waals surface area contributed by atoms with Crippen LogP contribution in [0.2, 0.25) is 0 Å². The van der Waals surface area contributed by atoms with E-state index in [0.717, 1.165) is 12.8 Å². The number of hydrogen-bond acceptors (Lipinski definition) is 5. The van der Waals surface area contributed by atoms with E-state index in [1.165, 1.54) is 10.9 Å². The van der Waals surface area contributed by atoms with E-state index in [2.05, 4.69) is 14.9 Å². The lowest BCUT2D eigenvalue weighted by molar-refractivity contribution is -0.119. The molecule has 0 aliphatic carbocycles. The molecule has 8 heteroatoms. The van der Waals surface area contributed by atoms with Gasteiger partial charge in [-0.2, -0.15) is 0 Å². The van der Waals surface area contributed by atoms with Crippen LogP contribution in [-0.2, 0) is 26.4 Å². The number of benzene rings is 1. The Labute approximate surface area is 174 Å². The molecule has 1 aromatic carbocycles. The molecule has 30 heavy (non-hydrogen) atoms. The van der Waals surface area contributed by atoms with Crippen LogP contribution in [-0.4, -0.2) is 47.0 Å². The number of ether oxygens (including phenoxy) is 2. The fourth-order valence-electron chi connectivity index (χ4n) is 4.02. The summed E-state index contributed by atoms with van der Waals surface area (Å²) in [5.41, 5.74) is 0.740. The first-order chi connectivity index (χ1) is 14.6. The van der Waals surface area contributed by atoms with Crippen LogP contribution in [0.4, 0.5) is 5.69 Å². The number of aromatic nitrogens is 3. The molecule has 0 saturated carbocycles. The van der Waals surface area contributed by atoms with Gasteiger partial charge >= 0.3 is 0 Å². The second-order valence-electron chi connectivity index (χ2n) is 7.62. The first kappa shape index (κ1) is 20.3. The Morgan fingerprint density at radius 1 is 1.27 bits per heavy atom. The molecule has 3 aromatic rings. The van der Waals surface area contributed by atoms with Crippen molar-refractivity contribution < 1.29 is 14.3 Å². The molecule has 1 aliphatic rings.